The van der Waals surface area contributed by atoms with E-state index in [1.54, 1.807) is 6.07 Å². The number of pyridine rings is 1. The van der Waals surface area contributed by atoms with E-state index in [0.717, 1.165) is 23.0 Å². The number of esters is 1. The number of hydrogen-bond donors (Lipinski definition) is 0. The van der Waals surface area contributed by atoms with Gasteiger partial charge in [0, 0.05) is 11.6 Å². The van der Waals surface area contributed by atoms with Crippen molar-refractivity contribution in [3.63, 3.8) is 0 Å². The van der Waals surface area contributed by atoms with Gasteiger partial charge in [0.05, 0.1) is 18.3 Å². The van der Waals surface area contributed by atoms with E-state index in [9.17, 15) is 9.59 Å². The van der Waals surface area contributed by atoms with Gasteiger partial charge in [0.2, 0.25) is 0 Å². The summed E-state index contributed by atoms with van der Waals surface area (Å²) in [5.41, 5.74) is 2.65. The second-order valence-corrected chi connectivity index (χ2v) is 4.91. The van der Waals surface area contributed by atoms with Gasteiger partial charge in [-0.05, 0) is 31.0 Å². The van der Waals surface area contributed by atoms with Crippen LogP contribution in [0.1, 0.15) is 28.5 Å². The summed E-state index contributed by atoms with van der Waals surface area (Å²) >= 11 is 0. The highest BCUT2D eigenvalue weighted by atomic mass is 16.5. The molecule has 108 valence electrons. The van der Waals surface area contributed by atoms with Crippen LogP contribution in [0.5, 0.6) is 0 Å². The third kappa shape index (κ3) is 1.93. The van der Waals surface area contributed by atoms with Crippen LogP contribution in [-0.2, 0) is 11.2 Å². The summed E-state index contributed by atoms with van der Waals surface area (Å²) < 4.78 is 11.9. The molecule has 0 amide bonds. The molecular formula is C16H15NO4. The molecule has 0 aliphatic carbocycles. The molecule has 0 fully saturated rings. The Labute approximate surface area is 120 Å². The summed E-state index contributed by atoms with van der Waals surface area (Å²) in [7, 11) is 1.24. The Morgan fingerprint density at radius 1 is 1.38 bits per heavy atom. The fraction of sp³-hybridized carbons (Fsp3) is 0.250. The van der Waals surface area contributed by atoms with E-state index in [1.165, 1.54) is 12.7 Å². The van der Waals surface area contributed by atoms with Gasteiger partial charge in [-0.25, -0.2) is 9.59 Å². The van der Waals surface area contributed by atoms with Crippen LogP contribution < -0.4 is 5.63 Å². The smallest absolute Gasteiger partial charge is 0.351 e. The van der Waals surface area contributed by atoms with Crippen molar-refractivity contribution in [3.8, 4) is 0 Å². The molecule has 21 heavy (non-hydrogen) atoms. The van der Waals surface area contributed by atoms with Crippen molar-refractivity contribution in [1.82, 2.24) is 4.40 Å². The van der Waals surface area contributed by atoms with Gasteiger partial charge in [0.15, 0.2) is 5.58 Å². The van der Waals surface area contributed by atoms with E-state index in [0.29, 0.717) is 5.58 Å². The minimum absolute atomic E-state index is 0.0860. The van der Waals surface area contributed by atoms with Crippen LogP contribution in [0.15, 0.2) is 33.6 Å². The molecule has 0 N–H and O–H groups in total. The van der Waals surface area contributed by atoms with Crippen molar-refractivity contribution < 1.29 is 13.9 Å². The van der Waals surface area contributed by atoms with Crippen molar-refractivity contribution in [2.45, 2.75) is 20.3 Å². The first-order valence-electron chi connectivity index (χ1n) is 6.72. The van der Waals surface area contributed by atoms with Crippen LogP contribution in [0.4, 0.5) is 0 Å². The number of aryl methyl sites for hydroxylation is 2. The molecule has 0 saturated carbocycles. The largest absolute Gasteiger partial charge is 0.465 e. The zero-order valence-electron chi connectivity index (χ0n) is 12.1. The predicted molar refractivity (Wildman–Crippen MR) is 78.9 cm³/mol. The molecule has 0 atom stereocenters. The lowest BCUT2D eigenvalue weighted by Crippen LogP contribution is -2.14. The molecule has 0 saturated heterocycles. The summed E-state index contributed by atoms with van der Waals surface area (Å²) in [6, 6.07) is 5.54. The first kappa shape index (κ1) is 13.4. The number of aromatic nitrogens is 1. The third-order valence-electron chi connectivity index (χ3n) is 3.74. The lowest BCUT2D eigenvalue weighted by Gasteiger charge is -2.00. The molecule has 0 spiro atoms. The van der Waals surface area contributed by atoms with Crippen molar-refractivity contribution in [1.29, 1.82) is 0 Å². The van der Waals surface area contributed by atoms with E-state index >= 15 is 0 Å². The van der Waals surface area contributed by atoms with Crippen LogP contribution in [-0.4, -0.2) is 17.5 Å². The number of nitrogens with zero attached hydrogens (tertiary/aromatic N) is 1. The molecule has 0 radical (unpaired) electrons. The molecule has 3 heterocycles. The van der Waals surface area contributed by atoms with Crippen molar-refractivity contribution in [2.75, 3.05) is 7.11 Å². The summed E-state index contributed by atoms with van der Waals surface area (Å²) in [4.78, 5) is 23.5. The molecular weight excluding hydrogens is 270 g/mol. The van der Waals surface area contributed by atoms with E-state index in [1.807, 2.05) is 29.7 Å². The third-order valence-corrected chi connectivity index (χ3v) is 3.74. The first-order chi connectivity index (χ1) is 10.1. The number of rotatable bonds is 2. The van der Waals surface area contributed by atoms with E-state index in [4.69, 9.17) is 4.42 Å². The van der Waals surface area contributed by atoms with Gasteiger partial charge >= 0.3 is 11.6 Å². The predicted octanol–water partition coefficient (Wildman–Crippen LogP) is 2.70. The summed E-state index contributed by atoms with van der Waals surface area (Å²) in [6.07, 6.45) is 2.93. The Kier molecular flexibility index (Phi) is 3.05. The highest BCUT2D eigenvalue weighted by Gasteiger charge is 2.18. The highest BCUT2D eigenvalue weighted by molar-refractivity contribution is 6.00. The summed E-state index contributed by atoms with van der Waals surface area (Å²) in [5.74, 6) is -0.687. The van der Waals surface area contributed by atoms with E-state index < -0.39 is 11.6 Å². The number of carbonyl (C=O) groups excluding carboxylic acids is 1. The van der Waals surface area contributed by atoms with Gasteiger partial charge in [0.25, 0.3) is 0 Å². The maximum absolute atomic E-state index is 11.9. The molecule has 3 rings (SSSR count). The Bertz CT molecular complexity index is 917. The number of methoxy groups -OCH3 is 1. The highest BCUT2D eigenvalue weighted by Crippen LogP contribution is 2.26. The fourth-order valence-electron chi connectivity index (χ4n) is 2.54. The molecule has 0 aliphatic heterocycles. The lowest BCUT2D eigenvalue weighted by molar-refractivity contribution is 0.0596. The Hall–Kier alpha value is -2.56. The quantitative estimate of drug-likeness (QED) is 0.679. The van der Waals surface area contributed by atoms with Crippen LogP contribution in [0.25, 0.3) is 16.5 Å². The average molecular weight is 285 g/mol. The van der Waals surface area contributed by atoms with Crippen LogP contribution >= 0.6 is 0 Å². The number of hydrogen-bond acceptors (Lipinski definition) is 4. The second-order valence-electron chi connectivity index (χ2n) is 4.91. The SMILES string of the molecule is CCc1ccc2c3cc(C(=O)OC)c(=O)oc3c(C)n2c1. The molecule has 0 unspecified atom stereocenters. The van der Waals surface area contributed by atoms with Crippen molar-refractivity contribution in [3.05, 3.63) is 51.6 Å². The maximum atomic E-state index is 11.9. The lowest BCUT2D eigenvalue weighted by atomic mass is 10.2. The number of ether oxygens (including phenoxy) is 1. The first-order valence-corrected chi connectivity index (χ1v) is 6.72. The molecule has 5 heteroatoms. The maximum Gasteiger partial charge on any atom is 0.351 e. The van der Waals surface area contributed by atoms with E-state index in [-0.39, 0.29) is 5.56 Å². The topological polar surface area (TPSA) is 60.9 Å². The normalized spacial score (nSPS) is 11.2. The second kappa shape index (κ2) is 4.77. The van der Waals surface area contributed by atoms with Crippen LogP contribution in [0.2, 0.25) is 0 Å². The molecule has 0 aliphatic rings. The van der Waals surface area contributed by atoms with Gasteiger partial charge in [-0.2, -0.15) is 0 Å². The Balaban J connectivity index is 2.42. The van der Waals surface area contributed by atoms with Gasteiger partial charge in [0.1, 0.15) is 5.56 Å². The zero-order chi connectivity index (χ0) is 15.1. The Morgan fingerprint density at radius 3 is 2.81 bits per heavy atom. The molecule has 0 aromatic carbocycles. The molecule has 5 nitrogen and oxygen atoms in total. The van der Waals surface area contributed by atoms with Gasteiger partial charge in [-0.15, -0.1) is 0 Å². The fourth-order valence-corrected chi connectivity index (χ4v) is 2.54. The standard InChI is InChI=1S/C16H15NO4/c1-4-10-5-6-13-11-7-12(15(18)20-3)16(19)21-14(11)9(2)17(13)8-10/h5-8H,4H2,1-3H3. The monoisotopic (exact) mass is 285 g/mol. The van der Waals surface area contributed by atoms with Crippen LogP contribution in [0, 0.1) is 6.92 Å². The summed E-state index contributed by atoms with van der Waals surface area (Å²) in [6.45, 7) is 3.96. The Morgan fingerprint density at radius 2 is 2.14 bits per heavy atom. The number of fused-ring (bicyclic) bond motifs is 3. The van der Waals surface area contributed by atoms with Gasteiger partial charge in [-0.1, -0.05) is 13.0 Å². The minimum Gasteiger partial charge on any atom is -0.465 e. The van der Waals surface area contributed by atoms with Crippen molar-refractivity contribution >= 4 is 22.5 Å². The van der Waals surface area contributed by atoms with Gasteiger partial charge < -0.3 is 13.6 Å². The molecule has 0 bridgehead atoms. The zero-order valence-corrected chi connectivity index (χ0v) is 12.1. The van der Waals surface area contributed by atoms with Crippen LogP contribution in [0.3, 0.4) is 0 Å². The molecule has 3 aromatic heterocycles. The van der Waals surface area contributed by atoms with E-state index in [2.05, 4.69) is 11.7 Å². The molecule has 3 aromatic rings. The number of carbonyl (C=O) groups is 1. The average Bonchev–Trinajstić information content (AvgIpc) is 2.77. The van der Waals surface area contributed by atoms with Crippen molar-refractivity contribution in [2.24, 2.45) is 0 Å². The summed E-state index contributed by atoms with van der Waals surface area (Å²) in [5, 5.41) is 0.732. The van der Waals surface area contributed by atoms with Gasteiger partial charge in [-0.3, -0.25) is 0 Å². The minimum atomic E-state index is -0.687.